The Balaban J connectivity index is 2.05. The zero-order chi connectivity index (χ0) is 52.9. The van der Waals surface area contributed by atoms with Crippen LogP contribution < -0.4 is 5.32 Å². The topological polar surface area (TPSA) is 149 Å². The Labute approximate surface area is 452 Å². The van der Waals surface area contributed by atoms with Gasteiger partial charge in [-0.2, -0.15) is 0 Å². The molecule has 0 aliphatic carbocycles. The van der Waals surface area contributed by atoms with Crippen LogP contribution in [0.1, 0.15) is 335 Å². The summed E-state index contributed by atoms with van der Waals surface area (Å²) < 4.78 is 11.3. The number of rotatable bonds is 57. The van der Waals surface area contributed by atoms with Crippen LogP contribution in [0.5, 0.6) is 0 Å². The number of ether oxygens (including phenoxy) is 2. The highest BCUT2D eigenvalue weighted by atomic mass is 16.7. The average Bonchev–Trinajstić information content (AvgIpc) is 3.39. The first kappa shape index (κ1) is 69.9. The van der Waals surface area contributed by atoms with Crippen LogP contribution in [0.3, 0.4) is 0 Å². The van der Waals surface area contributed by atoms with Gasteiger partial charge in [-0.3, -0.25) is 4.79 Å². The van der Waals surface area contributed by atoms with Gasteiger partial charge in [-0.1, -0.05) is 302 Å². The Morgan fingerprint density at radius 1 is 0.452 bits per heavy atom. The van der Waals surface area contributed by atoms with Gasteiger partial charge in [-0.25, -0.2) is 0 Å². The highest BCUT2D eigenvalue weighted by Crippen LogP contribution is 2.24. The molecule has 0 aromatic rings. The van der Waals surface area contributed by atoms with Crippen molar-refractivity contribution in [2.45, 2.75) is 378 Å². The van der Waals surface area contributed by atoms with Crippen molar-refractivity contribution in [2.75, 3.05) is 13.2 Å². The number of amides is 1. The number of aliphatic hydroxyl groups excluding tert-OH is 5. The van der Waals surface area contributed by atoms with Gasteiger partial charge in [0.1, 0.15) is 24.4 Å². The molecule has 434 valence electrons. The minimum absolute atomic E-state index is 0.132. The van der Waals surface area contributed by atoms with Crippen LogP contribution in [-0.4, -0.2) is 87.5 Å². The number of unbranched alkanes of at least 4 members (excludes halogenated alkanes) is 45. The molecule has 1 heterocycles. The number of carbonyl (C=O) groups excluding carboxylic acids is 1. The Bertz CT molecular complexity index is 1150. The molecule has 1 rings (SSSR count). The van der Waals surface area contributed by atoms with Gasteiger partial charge in [0, 0.05) is 6.42 Å². The van der Waals surface area contributed by atoms with E-state index < -0.39 is 49.5 Å². The highest BCUT2D eigenvalue weighted by Gasteiger charge is 2.44. The SMILES string of the molecule is CCCCCCCCCC/C=C\CCCCCCCCCCCCCCCCCCCCCCCCCC(=O)NC(COC1OC(CO)C(O)C(O)C1O)C(O)CCCCCCCCCCCCCCCCC. The van der Waals surface area contributed by atoms with Crippen LogP contribution in [0.15, 0.2) is 12.2 Å². The summed E-state index contributed by atoms with van der Waals surface area (Å²) in [6, 6.07) is -0.715. The van der Waals surface area contributed by atoms with Crippen molar-refractivity contribution in [1.29, 1.82) is 0 Å². The molecule has 9 nitrogen and oxygen atoms in total. The van der Waals surface area contributed by atoms with E-state index in [0.717, 1.165) is 38.5 Å². The molecule has 1 aliphatic heterocycles. The van der Waals surface area contributed by atoms with Gasteiger partial charge in [-0.15, -0.1) is 0 Å². The van der Waals surface area contributed by atoms with Crippen LogP contribution in [0.2, 0.25) is 0 Å². The molecule has 0 aromatic carbocycles. The zero-order valence-electron chi connectivity index (χ0n) is 48.4. The average molecular weight is 1040 g/mol. The smallest absolute Gasteiger partial charge is 0.220 e. The molecular formula is C64H125NO8. The number of nitrogens with one attached hydrogen (secondary N) is 1. The van der Waals surface area contributed by atoms with Crippen LogP contribution in [0, 0.1) is 0 Å². The normalized spacial score (nSPS) is 19.0. The summed E-state index contributed by atoms with van der Waals surface area (Å²) in [6.45, 7) is 3.88. The second-order valence-electron chi connectivity index (χ2n) is 22.9. The van der Waals surface area contributed by atoms with Crippen molar-refractivity contribution in [1.82, 2.24) is 5.32 Å². The molecule has 0 bridgehead atoms. The van der Waals surface area contributed by atoms with E-state index in [1.807, 2.05) is 0 Å². The fourth-order valence-corrected chi connectivity index (χ4v) is 10.7. The molecule has 7 atom stereocenters. The molecule has 0 spiro atoms. The standard InChI is InChI=1S/C64H125NO8/c1-3-5-7-9-11-13-15-17-19-20-21-22-23-24-25-26-27-28-29-30-31-32-33-34-35-36-37-38-40-42-44-46-48-50-52-54-60(68)65-57(56-72-64-63(71)62(70)61(69)59(55-66)73-64)58(67)53-51-49-47-45-43-41-39-18-16-14-12-10-8-6-4-2/h20-21,57-59,61-64,66-67,69-71H,3-19,22-56H2,1-2H3,(H,65,68)/b21-20-. The minimum atomic E-state index is -1.55. The van der Waals surface area contributed by atoms with Crippen molar-refractivity contribution >= 4 is 5.91 Å². The van der Waals surface area contributed by atoms with Gasteiger partial charge >= 0.3 is 0 Å². The van der Waals surface area contributed by atoms with Crippen molar-refractivity contribution in [2.24, 2.45) is 0 Å². The van der Waals surface area contributed by atoms with Crippen LogP contribution >= 0.6 is 0 Å². The molecule has 0 aromatic heterocycles. The van der Waals surface area contributed by atoms with Crippen molar-refractivity contribution in [3.05, 3.63) is 12.2 Å². The molecule has 1 saturated heterocycles. The summed E-state index contributed by atoms with van der Waals surface area (Å²) in [7, 11) is 0. The van der Waals surface area contributed by atoms with Crippen LogP contribution in [0.25, 0.3) is 0 Å². The molecule has 1 amide bonds. The Kier molecular flexibility index (Phi) is 52.0. The molecule has 6 N–H and O–H groups in total. The lowest BCUT2D eigenvalue weighted by Crippen LogP contribution is -2.60. The van der Waals surface area contributed by atoms with Gasteiger partial charge in [-0.05, 0) is 38.5 Å². The second kappa shape index (κ2) is 54.3. The Hall–Kier alpha value is -1.07. The summed E-state index contributed by atoms with van der Waals surface area (Å²) >= 11 is 0. The molecule has 0 saturated carbocycles. The first-order chi connectivity index (χ1) is 35.8. The molecule has 9 heteroatoms. The molecule has 7 unspecified atom stereocenters. The van der Waals surface area contributed by atoms with Crippen LogP contribution in [0.4, 0.5) is 0 Å². The lowest BCUT2D eigenvalue weighted by Gasteiger charge is -2.40. The monoisotopic (exact) mass is 1040 g/mol. The third-order valence-electron chi connectivity index (χ3n) is 15.9. The van der Waals surface area contributed by atoms with Crippen molar-refractivity contribution < 1.29 is 39.8 Å². The lowest BCUT2D eigenvalue weighted by atomic mass is 9.99. The minimum Gasteiger partial charge on any atom is -0.394 e. The van der Waals surface area contributed by atoms with E-state index in [1.165, 1.54) is 270 Å². The number of hydrogen-bond donors (Lipinski definition) is 6. The molecular weight excluding hydrogens is 911 g/mol. The van der Waals surface area contributed by atoms with E-state index in [9.17, 15) is 30.3 Å². The Morgan fingerprint density at radius 3 is 1.11 bits per heavy atom. The maximum Gasteiger partial charge on any atom is 0.220 e. The van der Waals surface area contributed by atoms with E-state index >= 15 is 0 Å². The van der Waals surface area contributed by atoms with Gasteiger partial charge in [0.15, 0.2) is 6.29 Å². The highest BCUT2D eigenvalue weighted by molar-refractivity contribution is 5.76. The van der Waals surface area contributed by atoms with E-state index in [4.69, 9.17) is 9.47 Å². The van der Waals surface area contributed by atoms with E-state index in [2.05, 4.69) is 31.3 Å². The van der Waals surface area contributed by atoms with Gasteiger partial charge < -0.3 is 40.3 Å². The maximum atomic E-state index is 13.1. The van der Waals surface area contributed by atoms with Crippen LogP contribution in [-0.2, 0) is 14.3 Å². The second-order valence-corrected chi connectivity index (χ2v) is 22.9. The lowest BCUT2D eigenvalue weighted by molar-refractivity contribution is -0.302. The summed E-state index contributed by atoms with van der Waals surface area (Å²) in [4.78, 5) is 13.1. The number of allylic oxidation sites excluding steroid dienone is 2. The van der Waals surface area contributed by atoms with Crippen molar-refractivity contribution in [3.63, 3.8) is 0 Å². The van der Waals surface area contributed by atoms with E-state index in [0.29, 0.717) is 12.8 Å². The zero-order valence-corrected chi connectivity index (χ0v) is 48.4. The van der Waals surface area contributed by atoms with Gasteiger partial charge in [0.25, 0.3) is 0 Å². The predicted molar refractivity (Wildman–Crippen MR) is 309 cm³/mol. The predicted octanol–water partition coefficient (Wildman–Crippen LogP) is 16.7. The van der Waals surface area contributed by atoms with E-state index in [1.54, 1.807) is 0 Å². The quantitative estimate of drug-likeness (QED) is 0.0261. The maximum absolute atomic E-state index is 13.1. The molecule has 0 radical (unpaired) electrons. The molecule has 1 aliphatic rings. The fraction of sp³-hybridized carbons (Fsp3) is 0.953. The summed E-state index contributed by atoms with van der Waals surface area (Å²) in [5.74, 6) is -0.137. The van der Waals surface area contributed by atoms with Gasteiger partial charge in [0.05, 0.1) is 25.4 Å². The third-order valence-corrected chi connectivity index (χ3v) is 15.9. The molecule has 1 fully saturated rings. The van der Waals surface area contributed by atoms with Crippen molar-refractivity contribution in [3.8, 4) is 0 Å². The fourth-order valence-electron chi connectivity index (χ4n) is 10.7. The number of hydrogen-bond acceptors (Lipinski definition) is 8. The third kappa shape index (κ3) is 43.6. The largest absolute Gasteiger partial charge is 0.394 e. The molecule has 73 heavy (non-hydrogen) atoms. The Morgan fingerprint density at radius 2 is 0.767 bits per heavy atom. The summed E-state index contributed by atoms with van der Waals surface area (Å²) in [5, 5.41) is 54.7. The first-order valence-electron chi connectivity index (χ1n) is 32.4. The van der Waals surface area contributed by atoms with E-state index in [-0.39, 0.29) is 12.5 Å². The van der Waals surface area contributed by atoms with Gasteiger partial charge in [0.2, 0.25) is 5.91 Å². The summed E-state index contributed by atoms with van der Waals surface area (Å²) in [6.07, 6.45) is 61.3. The number of aliphatic hydroxyl groups is 5. The first-order valence-corrected chi connectivity index (χ1v) is 32.4. The number of carbonyl (C=O) groups is 1. The summed E-state index contributed by atoms with van der Waals surface area (Å²) in [5.41, 5.74) is 0.